The molecule has 1 aromatic heterocycles. The van der Waals surface area contributed by atoms with Crippen LogP contribution in [-0.4, -0.2) is 31.0 Å². The van der Waals surface area contributed by atoms with Crippen molar-refractivity contribution in [2.45, 2.75) is 12.6 Å². The molecule has 2 aliphatic heterocycles. The predicted octanol–water partition coefficient (Wildman–Crippen LogP) is 2.42. The molecule has 6 heteroatoms. The molecule has 0 amide bonds. The van der Waals surface area contributed by atoms with Crippen LogP contribution in [0.25, 0.3) is 10.9 Å². The fourth-order valence-electron chi connectivity index (χ4n) is 4.01. The molecular weight excluding hydrogens is 340 g/mol. The molecule has 1 fully saturated rings. The van der Waals surface area contributed by atoms with Crippen molar-refractivity contribution in [1.29, 1.82) is 0 Å². The maximum Gasteiger partial charge on any atom is 0.231 e. The lowest BCUT2D eigenvalue weighted by Gasteiger charge is -2.20. The van der Waals surface area contributed by atoms with E-state index in [1.165, 1.54) is 16.5 Å². The molecule has 3 N–H and O–H groups in total. The van der Waals surface area contributed by atoms with Crippen molar-refractivity contribution in [3.8, 4) is 11.5 Å². The lowest BCUT2D eigenvalue weighted by atomic mass is 9.94. The van der Waals surface area contributed by atoms with Crippen molar-refractivity contribution in [1.82, 2.24) is 20.7 Å². The lowest BCUT2D eigenvalue weighted by molar-refractivity contribution is 0.174. The van der Waals surface area contributed by atoms with Crippen LogP contribution in [0.3, 0.4) is 0 Å². The van der Waals surface area contributed by atoms with Crippen molar-refractivity contribution in [3.05, 3.63) is 60.3 Å². The van der Waals surface area contributed by atoms with Gasteiger partial charge in [0.2, 0.25) is 6.79 Å². The summed E-state index contributed by atoms with van der Waals surface area (Å²) < 4.78 is 13.2. The van der Waals surface area contributed by atoms with Crippen molar-refractivity contribution < 1.29 is 9.47 Å². The molecule has 3 heterocycles. The van der Waals surface area contributed by atoms with Gasteiger partial charge >= 0.3 is 0 Å². The molecule has 0 radical (unpaired) electrons. The van der Waals surface area contributed by atoms with Crippen LogP contribution in [0.2, 0.25) is 0 Å². The van der Waals surface area contributed by atoms with Crippen LogP contribution in [0, 0.1) is 5.92 Å². The summed E-state index contributed by atoms with van der Waals surface area (Å²) in [5.41, 5.74) is 9.22. The standard InChI is InChI=1S/C21H24N4O2/c1-2-4-18-15(3-1)7-9-25(18)10-8-22-12-17-13-23-24-21(17)16-5-6-19-20(11-16)27-14-26-19/h1-7,9,11,17,21-24H,8,10,12-14H2. The Morgan fingerprint density at radius 1 is 1.07 bits per heavy atom. The minimum Gasteiger partial charge on any atom is -0.454 e. The molecule has 2 aromatic carbocycles. The molecule has 27 heavy (non-hydrogen) atoms. The van der Waals surface area contributed by atoms with Crippen LogP contribution in [0.15, 0.2) is 54.7 Å². The highest BCUT2D eigenvalue weighted by molar-refractivity contribution is 5.79. The van der Waals surface area contributed by atoms with E-state index in [0.29, 0.717) is 12.7 Å². The maximum atomic E-state index is 5.52. The Kier molecular flexibility index (Phi) is 4.45. The van der Waals surface area contributed by atoms with E-state index in [0.717, 1.165) is 37.7 Å². The summed E-state index contributed by atoms with van der Waals surface area (Å²) in [5, 5.41) is 4.92. The van der Waals surface area contributed by atoms with Gasteiger partial charge in [0.25, 0.3) is 0 Å². The Balaban J connectivity index is 1.18. The first-order valence-electron chi connectivity index (χ1n) is 9.51. The van der Waals surface area contributed by atoms with E-state index in [1.807, 2.05) is 6.07 Å². The van der Waals surface area contributed by atoms with Crippen molar-refractivity contribution >= 4 is 10.9 Å². The number of aromatic nitrogens is 1. The highest BCUT2D eigenvalue weighted by Crippen LogP contribution is 2.36. The minimum absolute atomic E-state index is 0.263. The third kappa shape index (κ3) is 3.27. The van der Waals surface area contributed by atoms with Crippen LogP contribution >= 0.6 is 0 Å². The van der Waals surface area contributed by atoms with Crippen molar-refractivity contribution in [2.75, 3.05) is 26.4 Å². The van der Waals surface area contributed by atoms with Crippen LogP contribution in [0.4, 0.5) is 0 Å². The van der Waals surface area contributed by atoms with E-state index in [1.54, 1.807) is 0 Å². The number of benzene rings is 2. The first kappa shape index (κ1) is 16.6. The van der Waals surface area contributed by atoms with Gasteiger partial charge in [0, 0.05) is 43.8 Å². The third-order valence-electron chi connectivity index (χ3n) is 5.47. The highest BCUT2D eigenvalue weighted by atomic mass is 16.7. The molecule has 3 aromatic rings. The van der Waals surface area contributed by atoms with Gasteiger partial charge in [-0.2, -0.15) is 0 Å². The molecule has 6 nitrogen and oxygen atoms in total. The zero-order chi connectivity index (χ0) is 18.1. The molecule has 1 saturated heterocycles. The second-order valence-corrected chi connectivity index (χ2v) is 7.15. The number of fused-ring (bicyclic) bond motifs is 2. The van der Waals surface area contributed by atoms with Crippen LogP contribution < -0.4 is 25.6 Å². The molecular formula is C21H24N4O2. The van der Waals surface area contributed by atoms with Gasteiger partial charge in [-0.3, -0.25) is 5.43 Å². The Bertz CT molecular complexity index is 939. The van der Waals surface area contributed by atoms with Gasteiger partial charge in [-0.05, 0) is 35.2 Å². The second kappa shape index (κ2) is 7.23. The first-order valence-corrected chi connectivity index (χ1v) is 9.51. The number of hydrazine groups is 1. The largest absolute Gasteiger partial charge is 0.454 e. The molecule has 0 bridgehead atoms. The smallest absolute Gasteiger partial charge is 0.231 e. The van der Waals surface area contributed by atoms with Gasteiger partial charge in [-0.25, -0.2) is 5.43 Å². The zero-order valence-electron chi connectivity index (χ0n) is 15.2. The van der Waals surface area contributed by atoms with Crippen LogP contribution in [-0.2, 0) is 6.54 Å². The SMILES string of the molecule is c1ccc2c(c1)ccn2CCNCC1CNNC1c1ccc2c(c1)OCO2. The van der Waals surface area contributed by atoms with Gasteiger partial charge < -0.3 is 19.4 Å². The summed E-state index contributed by atoms with van der Waals surface area (Å²) in [6, 6.07) is 17.2. The molecule has 0 aliphatic carbocycles. The summed E-state index contributed by atoms with van der Waals surface area (Å²) in [7, 11) is 0. The highest BCUT2D eigenvalue weighted by Gasteiger charge is 2.29. The van der Waals surface area contributed by atoms with Gasteiger partial charge in [0.1, 0.15) is 0 Å². The van der Waals surface area contributed by atoms with Crippen molar-refractivity contribution in [3.63, 3.8) is 0 Å². The molecule has 0 saturated carbocycles. The number of rotatable bonds is 6. The van der Waals surface area contributed by atoms with E-state index in [-0.39, 0.29) is 6.04 Å². The Labute approximate surface area is 158 Å². The quantitative estimate of drug-likeness (QED) is 0.587. The third-order valence-corrected chi connectivity index (χ3v) is 5.47. The summed E-state index contributed by atoms with van der Waals surface area (Å²) in [6.07, 6.45) is 2.17. The summed E-state index contributed by atoms with van der Waals surface area (Å²) in [6.45, 7) is 4.13. The molecule has 2 unspecified atom stereocenters. The number of ether oxygens (including phenoxy) is 2. The van der Waals surface area contributed by atoms with E-state index >= 15 is 0 Å². The van der Waals surface area contributed by atoms with Gasteiger partial charge in [0.05, 0.1) is 6.04 Å². The Morgan fingerprint density at radius 2 is 2.00 bits per heavy atom. The number of hydrogen-bond donors (Lipinski definition) is 3. The molecule has 140 valence electrons. The molecule has 5 rings (SSSR count). The normalized spacial score (nSPS) is 21.2. The van der Waals surface area contributed by atoms with Gasteiger partial charge in [-0.15, -0.1) is 0 Å². The van der Waals surface area contributed by atoms with Gasteiger partial charge in [-0.1, -0.05) is 24.3 Å². The van der Waals surface area contributed by atoms with Gasteiger partial charge in [0.15, 0.2) is 11.5 Å². The summed E-state index contributed by atoms with van der Waals surface area (Å²) >= 11 is 0. The predicted molar refractivity (Wildman–Crippen MR) is 105 cm³/mol. The first-order chi connectivity index (χ1) is 13.4. The molecule has 0 spiro atoms. The second-order valence-electron chi connectivity index (χ2n) is 7.15. The zero-order valence-corrected chi connectivity index (χ0v) is 15.2. The number of para-hydroxylation sites is 1. The average Bonchev–Trinajstić information content (AvgIpc) is 3.44. The fourth-order valence-corrected chi connectivity index (χ4v) is 4.01. The number of nitrogens with one attached hydrogen (secondary N) is 3. The summed E-state index contributed by atoms with van der Waals surface area (Å²) in [4.78, 5) is 0. The molecule has 2 atom stereocenters. The van der Waals surface area contributed by atoms with E-state index in [4.69, 9.17) is 9.47 Å². The summed E-state index contributed by atoms with van der Waals surface area (Å²) in [5.74, 6) is 2.15. The number of hydrogen-bond acceptors (Lipinski definition) is 5. The lowest BCUT2D eigenvalue weighted by Crippen LogP contribution is -2.30. The van der Waals surface area contributed by atoms with E-state index in [9.17, 15) is 0 Å². The van der Waals surface area contributed by atoms with E-state index < -0.39 is 0 Å². The average molecular weight is 364 g/mol. The molecule has 2 aliphatic rings. The van der Waals surface area contributed by atoms with Crippen LogP contribution in [0.1, 0.15) is 11.6 Å². The number of nitrogens with zero attached hydrogens (tertiary/aromatic N) is 1. The topological polar surface area (TPSA) is 59.5 Å². The van der Waals surface area contributed by atoms with E-state index in [2.05, 4.69) is 69.4 Å². The van der Waals surface area contributed by atoms with Crippen molar-refractivity contribution in [2.24, 2.45) is 5.92 Å². The Morgan fingerprint density at radius 3 is 3.00 bits per heavy atom. The van der Waals surface area contributed by atoms with Crippen LogP contribution in [0.5, 0.6) is 11.5 Å². The maximum absolute atomic E-state index is 5.52. The fraction of sp³-hybridized carbons (Fsp3) is 0.333. The monoisotopic (exact) mass is 364 g/mol. The Hall–Kier alpha value is -2.54. The minimum atomic E-state index is 0.263.